The average molecular weight is 364 g/mol. The second-order valence-electron chi connectivity index (χ2n) is 6.54. The Bertz CT molecular complexity index is 688. The molecule has 0 fully saturated rings. The molecule has 2 rings (SSSR count). The van der Waals surface area contributed by atoms with Gasteiger partial charge in [0.25, 0.3) is 11.6 Å². The molecular weight excluding hydrogens is 340 g/mol. The van der Waals surface area contributed by atoms with E-state index in [1.165, 1.54) is 23.1 Å². The number of unbranched alkanes of at least 4 members (excludes halogenated alkanes) is 2. The van der Waals surface area contributed by atoms with Crippen LogP contribution in [0.2, 0.25) is 0 Å². The highest BCUT2D eigenvalue weighted by Gasteiger charge is 2.38. The number of rotatable bonds is 8. The fourth-order valence-electron chi connectivity index (χ4n) is 2.69. The zero-order chi connectivity index (χ0) is 19.3. The van der Waals surface area contributed by atoms with Crippen molar-refractivity contribution in [3.63, 3.8) is 0 Å². The van der Waals surface area contributed by atoms with Gasteiger partial charge in [-0.2, -0.15) is 0 Å². The minimum Gasteiger partial charge on any atom is -0.478 e. The van der Waals surface area contributed by atoms with E-state index in [9.17, 15) is 19.7 Å². The Morgan fingerprint density at radius 2 is 2.12 bits per heavy atom. The number of hydrogen-bond donors (Lipinski definition) is 0. The first-order chi connectivity index (χ1) is 12.3. The Morgan fingerprint density at radius 1 is 1.38 bits per heavy atom. The van der Waals surface area contributed by atoms with Crippen molar-refractivity contribution in [2.75, 3.05) is 18.1 Å². The molecule has 0 bridgehead atoms. The van der Waals surface area contributed by atoms with Gasteiger partial charge in [0.2, 0.25) is 0 Å². The van der Waals surface area contributed by atoms with Crippen molar-refractivity contribution in [1.29, 1.82) is 0 Å². The molecule has 142 valence electrons. The first-order valence-electron chi connectivity index (χ1n) is 8.77. The van der Waals surface area contributed by atoms with Gasteiger partial charge in [-0.25, -0.2) is 0 Å². The smallest absolute Gasteiger partial charge is 0.326 e. The van der Waals surface area contributed by atoms with Crippen LogP contribution in [0.25, 0.3) is 0 Å². The topological polar surface area (TPSA) is 99.0 Å². The lowest BCUT2D eigenvalue weighted by molar-refractivity contribution is -0.384. The van der Waals surface area contributed by atoms with E-state index in [4.69, 9.17) is 9.47 Å². The second kappa shape index (κ2) is 8.64. The van der Waals surface area contributed by atoms with E-state index in [0.29, 0.717) is 12.4 Å². The number of fused-ring (bicyclic) bond motifs is 1. The van der Waals surface area contributed by atoms with Crippen LogP contribution in [-0.2, 0) is 14.3 Å². The molecule has 8 nitrogen and oxygen atoms in total. The third kappa shape index (κ3) is 4.50. The Balaban J connectivity index is 2.24. The molecule has 0 aliphatic carbocycles. The van der Waals surface area contributed by atoms with Crippen molar-refractivity contribution in [2.45, 2.75) is 46.1 Å². The summed E-state index contributed by atoms with van der Waals surface area (Å²) in [4.78, 5) is 36.6. The molecule has 0 spiro atoms. The highest BCUT2D eigenvalue weighted by atomic mass is 16.6. The van der Waals surface area contributed by atoms with Crippen molar-refractivity contribution in [2.24, 2.45) is 5.92 Å². The predicted molar refractivity (Wildman–Crippen MR) is 95.2 cm³/mol. The number of nitro groups is 1. The number of nitro benzene ring substituents is 1. The van der Waals surface area contributed by atoms with Gasteiger partial charge in [-0.05, 0) is 18.4 Å². The molecule has 1 aromatic carbocycles. The normalized spacial score (nSPS) is 16.2. The van der Waals surface area contributed by atoms with E-state index >= 15 is 0 Å². The predicted octanol–water partition coefficient (Wildman–Crippen LogP) is 3.08. The lowest BCUT2D eigenvalue weighted by Gasteiger charge is -2.35. The highest BCUT2D eigenvalue weighted by Crippen LogP contribution is 2.38. The fraction of sp³-hybridized carbons (Fsp3) is 0.556. The molecule has 0 aromatic heterocycles. The summed E-state index contributed by atoms with van der Waals surface area (Å²) in [7, 11) is 0. The van der Waals surface area contributed by atoms with Gasteiger partial charge in [0.05, 0.1) is 17.2 Å². The van der Waals surface area contributed by atoms with E-state index in [0.717, 1.165) is 19.3 Å². The first kappa shape index (κ1) is 19.7. The number of nitrogens with zero attached hydrogens (tertiary/aromatic N) is 2. The number of ether oxygens (including phenoxy) is 2. The standard InChI is InChI=1S/C18H24N2O6/c1-4-5-6-9-25-16(21)11-19-14-10-13(20(23)24)7-8-15(14)26-17(12(2)3)18(19)22/h7-8,10,12,17H,4-6,9,11H2,1-3H3. The average Bonchev–Trinajstić information content (AvgIpc) is 2.60. The minimum atomic E-state index is -0.753. The molecule has 0 radical (unpaired) electrons. The molecule has 1 heterocycles. The zero-order valence-corrected chi connectivity index (χ0v) is 15.3. The fourth-order valence-corrected chi connectivity index (χ4v) is 2.69. The maximum Gasteiger partial charge on any atom is 0.326 e. The van der Waals surface area contributed by atoms with E-state index < -0.39 is 22.9 Å². The van der Waals surface area contributed by atoms with Crippen LogP contribution < -0.4 is 9.64 Å². The van der Waals surface area contributed by atoms with Gasteiger partial charge in [-0.1, -0.05) is 33.6 Å². The van der Waals surface area contributed by atoms with Crippen LogP contribution in [-0.4, -0.2) is 36.1 Å². The quantitative estimate of drug-likeness (QED) is 0.304. The molecule has 0 N–H and O–H groups in total. The molecule has 1 amide bonds. The monoisotopic (exact) mass is 364 g/mol. The summed E-state index contributed by atoms with van der Waals surface area (Å²) in [6.07, 6.45) is 1.97. The Morgan fingerprint density at radius 3 is 2.73 bits per heavy atom. The molecule has 1 aliphatic heterocycles. The van der Waals surface area contributed by atoms with E-state index in [-0.39, 0.29) is 23.8 Å². The van der Waals surface area contributed by atoms with Crippen molar-refractivity contribution >= 4 is 23.3 Å². The van der Waals surface area contributed by atoms with Gasteiger partial charge in [0.15, 0.2) is 6.10 Å². The number of non-ortho nitro benzene ring substituents is 1. The van der Waals surface area contributed by atoms with E-state index in [1.807, 2.05) is 20.8 Å². The summed E-state index contributed by atoms with van der Waals surface area (Å²) in [5.41, 5.74) is 0.0380. The van der Waals surface area contributed by atoms with Crippen LogP contribution in [0.4, 0.5) is 11.4 Å². The summed E-state index contributed by atoms with van der Waals surface area (Å²) in [5, 5.41) is 11.0. The summed E-state index contributed by atoms with van der Waals surface area (Å²) in [6.45, 7) is 5.71. The lowest BCUT2D eigenvalue weighted by Crippen LogP contribution is -2.50. The maximum atomic E-state index is 12.7. The first-order valence-corrected chi connectivity index (χ1v) is 8.77. The number of carbonyl (C=O) groups is 2. The summed E-state index contributed by atoms with van der Waals surface area (Å²) in [6, 6.07) is 4.01. The maximum absolute atomic E-state index is 12.7. The van der Waals surface area contributed by atoms with Crippen LogP contribution >= 0.6 is 0 Å². The Hall–Kier alpha value is -2.64. The molecular formula is C18H24N2O6. The highest BCUT2D eigenvalue weighted by molar-refractivity contribution is 6.03. The number of hydrogen-bond acceptors (Lipinski definition) is 6. The molecule has 26 heavy (non-hydrogen) atoms. The van der Waals surface area contributed by atoms with Gasteiger partial charge < -0.3 is 9.47 Å². The second-order valence-corrected chi connectivity index (χ2v) is 6.54. The van der Waals surface area contributed by atoms with Gasteiger partial charge in [0, 0.05) is 12.1 Å². The third-order valence-electron chi connectivity index (χ3n) is 4.11. The van der Waals surface area contributed by atoms with Crippen LogP contribution in [0.15, 0.2) is 18.2 Å². The van der Waals surface area contributed by atoms with Crippen LogP contribution in [0.5, 0.6) is 5.75 Å². The molecule has 1 aromatic rings. The number of carbonyl (C=O) groups excluding carboxylic acids is 2. The van der Waals surface area contributed by atoms with Crippen LogP contribution in [0.3, 0.4) is 0 Å². The Kier molecular flexibility index (Phi) is 6.54. The Labute approximate surface area is 152 Å². The van der Waals surface area contributed by atoms with E-state index in [1.54, 1.807) is 0 Å². The molecule has 0 saturated heterocycles. The van der Waals surface area contributed by atoms with Gasteiger partial charge in [-0.3, -0.25) is 24.6 Å². The SMILES string of the molecule is CCCCCOC(=O)CN1C(=O)C(C(C)C)Oc2ccc([N+](=O)[O-])cc21. The summed E-state index contributed by atoms with van der Waals surface area (Å²) in [5.74, 6) is -0.726. The molecule has 1 aliphatic rings. The summed E-state index contributed by atoms with van der Waals surface area (Å²) < 4.78 is 10.9. The van der Waals surface area contributed by atoms with Gasteiger partial charge in [0.1, 0.15) is 12.3 Å². The van der Waals surface area contributed by atoms with Crippen molar-refractivity contribution in [3.05, 3.63) is 28.3 Å². The third-order valence-corrected chi connectivity index (χ3v) is 4.11. The molecule has 8 heteroatoms. The molecule has 1 unspecified atom stereocenters. The molecule has 0 saturated carbocycles. The van der Waals surface area contributed by atoms with Crippen molar-refractivity contribution in [3.8, 4) is 5.75 Å². The number of benzene rings is 1. The largest absolute Gasteiger partial charge is 0.478 e. The van der Waals surface area contributed by atoms with Gasteiger partial charge >= 0.3 is 5.97 Å². The zero-order valence-electron chi connectivity index (χ0n) is 15.3. The van der Waals surface area contributed by atoms with Crippen molar-refractivity contribution in [1.82, 2.24) is 0 Å². The van der Waals surface area contributed by atoms with Gasteiger partial charge in [-0.15, -0.1) is 0 Å². The number of anilines is 1. The minimum absolute atomic E-state index is 0.117. The van der Waals surface area contributed by atoms with Crippen LogP contribution in [0.1, 0.15) is 40.0 Å². The number of esters is 1. The van der Waals surface area contributed by atoms with Crippen molar-refractivity contribution < 1.29 is 24.0 Å². The van der Waals surface area contributed by atoms with Crippen LogP contribution in [0, 0.1) is 16.0 Å². The lowest BCUT2D eigenvalue weighted by atomic mass is 10.0. The summed E-state index contributed by atoms with van der Waals surface area (Å²) >= 11 is 0. The van der Waals surface area contributed by atoms with E-state index in [2.05, 4.69) is 0 Å². The number of amides is 1. The molecule has 1 atom stereocenters.